The van der Waals surface area contributed by atoms with Gasteiger partial charge in [-0.25, -0.2) is 0 Å². The Kier molecular flexibility index (Phi) is 9.11. The Morgan fingerprint density at radius 3 is 1.39 bits per heavy atom. The van der Waals surface area contributed by atoms with Crippen molar-refractivity contribution in [3.8, 4) is 33.4 Å². The van der Waals surface area contributed by atoms with E-state index in [1.807, 2.05) is 0 Å². The molecular formula is C41H36O2P+. The third-order valence-corrected chi connectivity index (χ3v) is 12.9. The van der Waals surface area contributed by atoms with Crippen LogP contribution in [0.3, 0.4) is 0 Å². The van der Waals surface area contributed by atoms with Crippen LogP contribution in [0.15, 0.2) is 164 Å². The molecule has 0 unspecified atom stereocenters. The highest BCUT2D eigenvalue weighted by Gasteiger charge is 2.47. The zero-order chi connectivity index (χ0) is 30.2. The molecule has 0 saturated heterocycles. The van der Waals surface area contributed by atoms with Crippen molar-refractivity contribution in [3.05, 3.63) is 164 Å². The fraction of sp³-hybridized carbons (Fsp3) is 0.0976. The summed E-state index contributed by atoms with van der Waals surface area (Å²) in [4.78, 5) is 11.6. The van der Waals surface area contributed by atoms with E-state index < -0.39 is 13.2 Å². The fourth-order valence-electron chi connectivity index (χ4n) is 6.37. The molecular weight excluding hydrogens is 555 g/mol. The van der Waals surface area contributed by atoms with Crippen LogP contribution < -0.4 is 15.9 Å². The molecule has 6 aromatic carbocycles. The number of hydrogen-bond donors (Lipinski definition) is 1. The van der Waals surface area contributed by atoms with E-state index in [1.54, 1.807) is 0 Å². The summed E-state index contributed by atoms with van der Waals surface area (Å²) in [7, 11) is -2.27. The number of rotatable bonds is 11. The molecule has 0 aliphatic carbocycles. The van der Waals surface area contributed by atoms with Crippen molar-refractivity contribution in [1.82, 2.24) is 0 Å². The van der Waals surface area contributed by atoms with Gasteiger partial charge >= 0.3 is 5.97 Å². The standard InChI is InChI=1S/C41H35O2P/c42-39(43)28-16-17-31-44(35-24-12-4-13-25-35,36-26-14-5-15-27-36)38-30-29-37(32-18-6-1-7-19-32)40(33-20-8-2-9-21-33)41(38)34-22-10-3-11-23-34/h1-15,18-27,29-30H,16-17,28,31H2/p+1. The summed E-state index contributed by atoms with van der Waals surface area (Å²) in [6, 6.07) is 58.7. The molecule has 2 nitrogen and oxygen atoms in total. The molecule has 6 rings (SSSR count). The van der Waals surface area contributed by atoms with Gasteiger partial charge in [0.05, 0.1) is 6.16 Å². The maximum atomic E-state index is 11.6. The number of hydrogen-bond acceptors (Lipinski definition) is 1. The highest BCUT2D eigenvalue weighted by atomic mass is 31.2. The van der Waals surface area contributed by atoms with Gasteiger partial charge in [-0.1, -0.05) is 127 Å². The summed E-state index contributed by atoms with van der Waals surface area (Å²) in [6.07, 6.45) is 2.52. The van der Waals surface area contributed by atoms with Gasteiger partial charge in [-0.3, -0.25) is 4.79 Å². The van der Waals surface area contributed by atoms with Crippen molar-refractivity contribution >= 4 is 29.1 Å². The van der Waals surface area contributed by atoms with Crippen LogP contribution in [-0.2, 0) is 4.79 Å². The molecule has 0 amide bonds. The predicted octanol–water partition coefficient (Wildman–Crippen LogP) is 9.24. The summed E-state index contributed by atoms with van der Waals surface area (Å²) in [6.45, 7) is 0. The SMILES string of the molecule is O=C(O)CCCC[P+](c1ccccc1)(c1ccccc1)c1ccc(-c2ccccc2)c(-c2ccccc2)c1-c1ccccc1. The second kappa shape index (κ2) is 13.7. The quantitative estimate of drug-likeness (QED) is 0.120. The van der Waals surface area contributed by atoms with Gasteiger partial charge in [0, 0.05) is 17.5 Å². The monoisotopic (exact) mass is 591 g/mol. The summed E-state index contributed by atoms with van der Waals surface area (Å²) in [5.41, 5.74) is 7.21. The number of benzene rings is 6. The molecule has 0 heterocycles. The largest absolute Gasteiger partial charge is 0.481 e. The Balaban J connectivity index is 1.74. The average molecular weight is 592 g/mol. The number of aliphatic carboxylic acids is 1. The van der Waals surface area contributed by atoms with Crippen LogP contribution in [0.5, 0.6) is 0 Å². The Labute approximate surface area is 261 Å². The van der Waals surface area contributed by atoms with E-state index in [0.717, 1.165) is 12.6 Å². The minimum atomic E-state index is -2.27. The summed E-state index contributed by atoms with van der Waals surface area (Å²) in [5, 5.41) is 13.4. The molecule has 0 spiro atoms. The first-order valence-corrected chi connectivity index (χ1v) is 17.2. The van der Waals surface area contributed by atoms with Crippen molar-refractivity contribution in [3.63, 3.8) is 0 Å². The lowest BCUT2D eigenvalue weighted by molar-refractivity contribution is -0.137. The van der Waals surface area contributed by atoms with Crippen molar-refractivity contribution in [2.45, 2.75) is 19.3 Å². The van der Waals surface area contributed by atoms with E-state index in [1.165, 1.54) is 49.3 Å². The van der Waals surface area contributed by atoms with Gasteiger partial charge < -0.3 is 5.11 Å². The van der Waals surface area contributed by atoms with Gasteiger partial charge in [-0.15, -0.1) is 0 Å². The van der Waals surface area contributed by atoms with Crippen LogP contribution in [0.1, 0.15) is 19.3 Å². The Hall–Kier alpha value is -4.78. The van der Waals surface area contributed by atoms with Crippen molar-refractivity contribution in [2.75, 3.05) is 6.16 Å². The lowest BCUT2D eigenvalue weighted by Gasteiger charge is -2.31. The maximum Gasteiger partial charge on any atom is 0.303 e. The van der Waals surface area contributed by atoms with E-state index in [0.29, 0.717) is 6.42 Å². The third kappa shape index (κ3) is 6.00. The molecule has 0 aliphatic rings. The van der Waals surface area contributed by atoms with Gasteiger partial charge in [0.15, 0.2) is 0 Å². The number of carboxylic acids is 1. The molecule has 0 bridgehead atoms. The molecule has 0 radical (unpaired) electrons. The van der Waals surface area contributed by atoms with Gasteiger partial charge in [-0.05, 0) is 71.5 Å². The first-order valence-electron chi connectivity index (χ1n) is 15.2. The van der Waals surface area contributed by atoms with Gasteiger partial charge in [-0.2, -0.15) is 0 Å². The molecule has 0 fully saturated rings. The molecule has 0 atom stereocenters. The van der Waals surface area contributed by atoms with Crippen molar-refractivity contribution in [1.29, 1.82) is 0 Å². The topological polar surface area (TPSA) is 37.3 Å². The van der Waals surface area contributed by atoms with Crippen LogP contribution in [-0.4, -0.2) is 17.2 Å². The molecule has 44 heavy (non-hydrogen) atoms. The fourth-order valence-corrected chi connectivity index (χ4v) is 11.0. The van der Waals surface area contributed by atoms with Gasteiger partial charge in [0.25, 0.3) is 0 Å². The predicted molar refractivity (Wildman–Crippen MR) is 188 cm³/mol. The minimum Gasteiger partial charge on any atom is -0.481 e. The second-order valence-corrected chi connectivity index (χ2v) is 14.6. The summed E-state index contributed by atoms with van der Waals surface area (Å²) in [5.74, 6) is -0.739. The highest BCUT2D eigenvalue weighted by molar-refractivity contribution is 7.96. The first kappa shape index (κ1) is 29.3. The lowest BCUT2D eigenvalue weighted by Crippen LogP contribution is -2.35. The van der Waals surface area contributed by atoms with E-state index >= 15 is 0 Å². The van der Waals surface area contributed by atoms with Crippen LogP contribution in [0.4, 0.5) is 0 Å². The first-order chi connectivity index (χ1) is 21.7. The normalized spacial score (nSPS) is 11.3. The molecule has 0 aliphatic heterocycles. The minimum absolute atomic E-state index is 0.178. The molecule has 0 aromatic heterocycles. The Morgan fingerprint density at radius 2 is 0.909 bits per heavy atom. The average Bonchev–Trinajstić information content (AvgIpc) is 3.10. The summed E-state index contributed by atoms with van der Waals surface area (Å²) < 4.78 is 0. The van der Waals surface area contributed by atoms with Crippen LogP contribution in [0, 0.1) is 0 Å². The molecule has 6 aromatic rings. The molecule has 216 valence electrons. The van der Waals surface area contributed by atoms with E-state index in [2.05, 4.69) is 164 Å². The van der Waals surface area contributed by atoms with Crippen molar-refractivity contribution < 1.29 is 9.90 Å². The lowest BCUT2D eigenvalue weighted by atomic mass is 9.87. The van der Waals surface area contributed by atoms with E-state index in [-0.39, 0.29) is 6.42 Å². The molecule has 1 N–H and O–H groups in total. The van der Waals surface area contributed by atoms with Crippen LogP contribution in [0.2, 0.25) is 0 Å². The van der Waals surface area contributed by atoms with E-state index in [9.17, 15) is 9.90 Å². The van der Waals surface area contributed by atoms with Gasteiger partial charge in [0.1, 0.15) is 23.2 Å². The highest BCUT2D eigenvalue weighted by Crippen LogP contribution is 2.59. The zero-order valence-corrected chi connectivity index (χ0v) is 25.6. The number of carbonyl (C=O) groups is 1. The smallest absolute Gasteiger partial charge is 0.303 e. The summed E-state index contributed by atoms with van der Waals surface area (Å²) >= 11 is 0. The number of carboxylic acid groups (broad SMARTS) is 1. The van der Waals surface area contributed by atoms with Crippen molar-refractivity contribution in [2.24, 2.45) is 0 Å². The van der Waals surface area contributed by atoms with E-state index in [4.69, 9.17) is 0 Å². The van der Waals surface area contributed by atoms with Crippen LogP contribution >= 0.6 is 7.26 Å². The second-order valence-electron chi connectivity index (χ2n) is 11.0. The Morgan fingerprint density at radius 1 is 0.477 bits per heavy atom. The molecule has 0 saturated carbocycles. The number of unbranched alkanes of at least 4 members (excludes halogenated alkanes) is 1. The maximum absolute atomic E-state index is 11.6. The Bertz CT molecular complexity index is 1760. The zero-order valence-electron chi connectivity index (χ0n) is 24.7. The van der Waals surface area contributed by atoms with Gasteiger partial charge in [0.2, 0.25) is 0 Å². The van der Waals surface area contributed by atoms with Crippen LogP contribution in [0.25, 0.3) is 33.4 Å². The molecule has 3 heteroatoms. The third-order valence-electron chi connectivity index (χ3n) is 8.33.